The van der Waals surface area contributed by atoms with Crippen LogP contribution in [0.15, 0.2) is 22.7 Å². The van der Waals surface area contributed by atoms with E-state index in [1.165, 1.54) is 4.90 Å². The molecule has 5 nitrogen and oxygen atoms in total. The lowest BCUT2D eigenvalue weighted by Crippen LogP contribution is -2.39. The topological polar surface area (TPSA) is 61.4 Å². The first-order valence-corrected chi connectivity index (χ1v) is 6.77. The second-order valence-corrected chi connectivity index (χ2v) is 5.27. The second-order valence-electron chi connectivity index (χ2n) is 4.01. The predicted molar refractivity (Wildman–Crippen MR) is 78.6 cm³/mol. The van der Waals surface area contributed by atoms with E-state index in [1.54, 1.807) is 32.3 Å². The third kappa shape index (κ3) is 5.08. The number of amides is 3. The van der Waals surface area contributed by atoms with E-state index < -0.39 is 0 Å². The third-order valence-electron chi connectivity index (χ3n) is 2.27. The standard InChI is InChI=1S/C12H15BrClN3O2/c1-17(2)12(19)16-6-5-15-11(18)8-3-4-10(14)9(13)7-8/h3-4,7H,5-6H2,1-2H3,(H,15,18)(H,16,19). The van der Waals surface area contributed by atoms with Gasteiger partial charge in [0.15, 0.2) is 0 Å². The maximum atomic E-state index is 11.8. The van der Waals surface area contributed by atoms with Crippen LogP contribution in [0.5, 0.6) is 0 Å². The molecule has 0 bridgehead atoms. The van der Waals surface area contributed by atoms with E-state index in [4.69, 9.17) is 11.6 Å². The van der Waals surface area contributed by atoms with Crippen LogP contribution in [0.25, 0.3) is 0 Å². The van der Waals surface area contributed by atoms with Crippen LogP contribution in [0, 0.1) is 0 Å². The minimum atomic E-state index is -0.212. The molecule has 1 aromatic rings. The van der Waals surface area contributed by atoms with Crippen molar-refractivity contribution >= 4 is 39.5 Å². The van der Waals surface area contributed by atoms with Gasteiger partial charge in [-0.2, -0.15) is 0 Å². The highest BCUT2D eigenvalue weighted by Gasteiger charge is 2.07. The highest BCUT2D eigenvalue weighted by molar-refractivity contribution is 9.10. The largest absolute Gasteiger partial charge is 0.350 e. The Labute approximate surface area is 125 Å². The molecule has 0 fully saturated rings. The van der Waals surface area contributed by atoms with Crippen molar-refractivity contribution in [2.75, 3.05) is 27.2 Å². The lowest BCUT2D eigenvalue weighted by atomic mass is 10.2. The molecule has 104 valence electrons. The van der Waals surface area contributed by atoms with E-state index in [2.05, 4.69) is 26.6 Å². The van der Waals surface area contributed by atoms with Gasteiger partial charge in [-0.15, -0.1) is 0 Å². The number of carbonyl (C=O) groups excluding carboxylic acids is 2. The lowest BCUT2D eigenvalue weighted by molar-refractivity contribution is 0.0953. The van der Waals surface area contributed by atoms with Crippen LogP contribution >= 0.6 is 27.5 Å². The van der Waals surface area contributed by atoms with Crippen molar-refractivity contribution in [3.05, 3.63) is 33.3 Å². The number of nitrogens with one attached hydrogen (secondary N) is 2. The summed E-state index contributed by atoms with van der Waals surface area (Å²) in [5, 5.41) is 5.91. The van der Waals surface area contributed by atoms with Gasteiger partial charge in [0.1, 0.15) is 0 Å². The van der Waals surface area contributed by atoms with Gasteiger partial charge in [0.25, 0.3) is 5.91 Å². The molecule has 0 aliphatic carbocycles. The Balaban J connectivity index is 2.39. The highest BCUT2D eigenvalue weighted by atomic mass is 79.9. The number of urea groups is 1. The van der Waals surface area contributed by atoms with Gasteiger partial charge in [-0.1, -0.05) is 11.6 Å². The van der Waals surface area contributed by atoms with Crippen molar-refractivity contribution in [2.24, 2.45) is 0 Å². The van der Waals surface area contributed by atoms with Crippen LogP contribution in [0.2, 0.25) is 5.02 Å². The molecular weight excluding hydrogens is 334 g/mol. The monoisotopic (exact) mass is 347 g/mol. The fraction of sp³-hybridized carbons (Fsp3) is 0.333. The molecule has 0 heterocycles. The number of hydrogen-bond acceptors (Lipinski definition) is 2. The van der Waals surface area contributed by atoms with Crippen LogP contribution in [0.3, 0.4) is 0 Å². The zero-order valence-corrected chi connectivity index (χ0v) is 13.0. The summed E-state index contributed by atoms with van der Waals surface area (Å²) in [6.45, 7) is 0.732. The van der Waals surface area contributed by atoms with Gasteiger partial charge >= 0.3 is 6.03 Å². The maximum Gasteiger partial charge on any atom is 0.316 e. The number of nitrogens with zero attached hydrogens (tertiary/aromatic N) is 1. The normalized spacial score (nSPS) is 9.89. The first-order chi connectivity index (χ1) is 8.91. The van der Waals surface area contributed by atoms with Crippen LogP contribution in [-0.4, -0.2) is 44.0 Å². The smallest absolute Gasteiger partial charge is 0.316 e. The molecule has 2 N–H and O–H groups in total. The summed E-state index contributed by atoms with van der Waals surface area (Å²) in [6, 6.07) is 4.74. The molecule has 0 spiro atoms. The Bertz CT molecular complexity index is 480. The number of benzene rings is 1. The Morgan fingerprint density at radius 3 is 2.47 bits per heavy atom. The van der Waals surface area contributed by atoms with E-state index in [-0.39, 0.29) is 11.9 Å². The Kier molecular flexibility index (Phi) is 6.11. The molecule has 0 saturated carbocycles. The van der Waals surface area contributed by atoms with E-state index in [0.717, 1.165) is 0 Å². The molecule has 1 rings (SSSR count). The molecule has 1 aromatic carbocycles. The van der Waals surface area contributed by atoms with Gasteiger partial charge in [0.05, 0.1) is 5.02 Å². The first-order valence-electron chi connectivity index (χ1n) is 5.60. The van der Waals surface area contributed by atoms with E-state index in [9.17, 15) is 9.59 Å². The zero-order valence-electron chi connectivity index (χ0n) is 10.7. The molecule has 0 unspecified atom stereocenters. The zero-order chi connectivity index (χ0) is 14.4. The van der Waals surface area contributed by atoms with Crippen LogP contribution < -0.4 is 10.6 Å². The van der Waals surface area contributed by atoms with E-state index in [0.29, 0.717) is 28.1 Å². The SMILES string of the molecule is CN(C)C(=O)NCCNC(=O)c1ccc(Cl)c(Br)c1. The minimum Gasteiger partial charge on any atom is -0.350 e. The van der Waals surface area contributed by atoms with Crippen molar-refractivity contribution in [3.63, 3.8) is 0 Å². The van der Waals surface area contributed by atoms with Crippen molar-refractivity contribution in [1.82, 2.24) is 15.5 Å². The quantitative estimate of drug-likeness (QED) is 0.819. The molecule has 0 radical (unpaired) electrons. The van der Waals surface area contributed by atoms with Crippen molar-refractivity contribution < 1.29 is 9.59 Å². The maximum absolute atomic E-state index is 11.8. The fourth-order valence-corrected chi connectivity index (χ4v) is 1.74. The van der Waals surface area contributed by atoms with Gasteiger partial charge < -0.3 is 15.5 Å². The molecule has 0 atom stereocenters. The number of halogens is 2. The first kappa shape index (κ1) is 15.8. The van der Waals surface area contributed by atoms with Crippen LogP contribution in [0.1, 0.15) is 10.4 Å². The molecule has 7 heteroatoms. The third-order valence-corrected chi connectivity index (χ3v) is 3.49. The molecule has 0 saturated heterocycles. The Morgan fingerprint density at radius 2 is 1.89 bits per heavy atom. The summed E-state index contributed by atoms with van der Waals surface area (Å²) in [4.78, 5) is 24.4. The van der Waals surface area contributed by atoms with Crippen molar-refractivity contribution in [1.29, 1.82) is 0 Å². The summed E-state index contributed by atoms with van der Waals surface area (Å²) in [5.74, 6) is -0.212. The van der Waals surface area contributed by atoms with Crippen molar-refractivity contribution in [3.8, 4) is 0 Å². The Hall–Kier alpha value is -1.27. The lowest BCUT2D eigenvalue weighted by Gasteiger charge is -2.12. The van der Waals surface area contributed by atoms with Gasteiger partial charge in [-0.3, -0.25) is 4.79 Å². The summed E-state index contributed by atoms with van der Waals surface area (Å²) in [6.07, 6.45) is 0. The average Bonchev–Trinajstić information content (AvgIpc) is 2.37. The van der Waals surface area contributed by atoms with Gasteiger partial charge in [0.2, 0.25) is 0 Å². The van der Waals surface area contributed by atoms with Crippen LogP contribution in [0.4, 0.5) is 4.79 Å². The summed E-state index contributed by atoms with van der Waals surface area (Å²) >= 11 is 9.10. The molecule has 19 heavy (non-hydrogen) atoms. The van der Waals surface area contributed by atoms with Crippen molar-refractivity contribution in [2.45, 2.75) is 0 Å². The number of hydrogen-bond donors (Lipinski definition) is 2. The molecule has 3 amide bonds. The summed E-state index contributed by atoms with van der Waals surface area (Å²) < 4.78 is 0.669. The van der Waals surface area contributed by atoms with Gasteiger partial charge in [0, 0.05) is 37.2 Å². The second kappa shape index (κ2) is 7.35. The molecular formula is C12H15BrClN3O2. The average molecular weight is 349 g/mol. The predicted octanol–water partition coefficient (Wildman–Crippen LogP) is 2.10. The molecule has 0 aromatic heterocycles. The number of rotatable bonds is 4. The summed E-state index contributed by atoms with van der Waals surface area (Å²) in [5.41, 5.74) is 0.509. The fourth-order valence-electron chi connectivity index (χ4n) is 1.24. The molecule has 0 aliphatic heterocycles. The van der Waals surface area contributed by atoms with Crippen LogP contribution in [-0.2, 0) is 0 Å². The minimum absolute atomic E-state index is 0.191. The number of carbonyl (C=O) groups is 2. The van der Waals surface area contributed by atoms with E-state index in [1.807, 2.05) is 0 Å². The van der Waals surface area contributed by atoms with Gasteiger partial charge in [-0.25, -0.2) is 4.79 Å². The summed E-state index contributed by atoms with van der Waals surface area (Å²) in [7, 11) is 3.30. The highest BCUT2D eigenvalue weighted by Crippen LogP contribution is 2.22. The van der Waals surface area contributed by atoms with E-state index >= 15 is 0 Å². The Morgan fingerprint density at radius 1 is 1.26 bits per heavy atom. The molecule has 0 aliphatic rings. The van der Waals surface area contributed by atoms with Gasteiger partial charge in [-0.05, 0) is 34.1 Å².